The molecule has 24 heavy (non-hydrogen) atoms. The molecule has 2 aromatic rings. The number of para-hydroxylation sites is 1. The normalized spacial score (nSPS) is 10.3. The van der Waals surface area contributed by atoms with Gasteiger partial charge in [0, 0.05) is 15.7 Å². The van der Waals surface area contributed by atoms with Crippen LogP contribution in [0.4, 0.5) is 5.69 Å². The van der Waals surface area contributed by atoms with Gasteiger partial charge < -0.3 is 10.6 Å². The van der Waals surface area contributed by atoms with Crippen LogP contribution >= 0.6 is 22.6 Å². The first kappa shape index (κ1) is 18.4. The molecule has 0 fully saturated rings. The zero-order chi connectivity index (χ0) is 17.5. The molecular weight excluding hydrogens is 415 g/mol. The summed E-state index contributed by atoms with van der Waals surface area (Å²) in [4.78, 5) is 24.8. The predicted octanol–water partition coefficient (Wildman–Crippen LogP) is 4.38. The van der Waals surface area contributed by atoms with Gasteiger partial charge in [-0.2, -0.15) is 0 Å². The molecule has 2 amide bonds. The van der Waals surface area contributed by atoms with Crippen LogP contribution in [0.3, 0.4) is 0 Å². The first-order valence-electron chi connectivity index (χ1n) is 7.97. The molecule has 0 spiro atoms. The van der Waals surface area contributed by atoms with Gasteiger partial charge in [0.25, 0.3) is 11.8 Å². The molecule has 4 nitrogen and oxygen atoms in total. The third-order valence-electron chi connectivity index (χ3n) is 3.67. The fourth-order valence-electron chi connectivity index (χ4n) is 2.19. The minimum Gasteiger partial charge on any atom is -0.352 e. The molecule has 2 rings (SSSR count). The monoisotopic (exact) mass is 436 g/mol. The Hall–Kier alpha value is -1.89. The molecule has 0 atom stereocenters. The quantitative estimate of drug-likeness (QED) is 0.522. The third kappa shape index (κ3) is 4.80. The van der Waals surface area contributed by atoms with E-state index < -0.39 is 0 Å². The zero-order valence-corrected chi connectivity index (χ0v) is 16.0. The van der Waals surface area contributed by atoms with E-state index in [-0.39, 0.29) is 11.8 Å². The molecule has 2 aromatic carbocycles. The number of carbonyl (C=O) groups excluding carboxylic acids is 2. The zero-order valence-electron chi connectivity index (χ0n) is 13.9. The SMILES string of the molecule is CCCCNC(=O)c1ccccc1NC(=O)c1ccc(C)c(I)c1. The number of hydrogen-bond donors (Lipinski definition) is 2. The van der Waals surface area contributed by atoms with E-state index >= 15 is 0 Å². The second-order valence-electron chi connectivity index (χ2n) is 5.57. The number of rotatable bonds is 6. The molecule has 0 saturated heterocycles. The smallest absolute Gasteiger partial charge is 0.255 e. The Morgan fingerprint density at radius 1 is 1.08 bits per heavy atom. The van der Waals surface area contributed by atoms with Crippen LogP contribution in [0.2, 0.25) is 0 Å². The topological polar surface area (TPSA) is 58.2 Å². The van der Waals surface area contributed by atoms with E-state index in [2.05, 4.69) is 40.1 Å². The maximum atomic E-state index is 12.5. The Balaban J connectivity index is 2.15. The van der Waals surface area contributed by atoms with Crippen molar-refractivity contribution in [1.82, 2.24) is 5.32 Å². The Morgan fingerprint density at radius 2 is 1.83 bits per heavy atom. The lowest BCUT2D eigenvalue weighted by molar-refractivity contribution is 0.0954. The lowest BCUT2D eigenvalue weighted by Gasteiger charge is -2.12. The maximum absolute atomic E-state index is 12.5. The summed E-state index contributed by atoms with van der Waals surface area (Å²) < 4.78 is 1.03. The lowest BCUT2D eigenvalue weighted by Crippen LogP contribution is -2.26. The number of halogens is 1. The molecule has 2 N–H and O–H groups in total. The van der Waals surface area contributed by atoms with E-state index in [0.717, 1.165) is 22.0 Å². The second kappa shape index (κ2) is 8.82. The standard InChI is InChI=1S/C19H21IN2O2/c1-3-4-11-21-19(24)15-7-5-6-8-17(15)22-18(23)14-10-9-13(2)16(20)12-14/h5-10,12H,3-4,11H2,1-2H3,(H,21,24)(H,22,23). The van der Waals surface area contributed by atoms with Crippen molar-refractivity contribution in [3.8, 4) is 0 Å². The van der Waals surface area contributed by atoms with Crippen molar-refractivity contribution < 1.29 is 9.59 Å². The molecule has 0 unspecified atom stereocenters. The molecule has 126 valence electrons. The van der Waals surface area contributed by atoms with Crippen molar-refractivity contribution >= 4 is 40.1 Å². The molecule has 0 aliphatic heterocycles. The summed E-state index contributed by atoms with van der Waals surface area (Å²) >= 11 is 2.21. The van der Waals surface area contributed by atoms with Crippen molar-refractivity contribution in [3.63, 3.8) is 0 Å². The van der Waals surface area contributed by atoms with E-state index in [4.69, 9.17) is 0 Å². The first-order valence-corrected chi connectivity index (χ1v) is 9.05. The highest BCUT2D eigenvalue weighted by molar-refractivity contribution is 14.1. The first-order chi connectivity index (χ1) is 11.5. The molecule has 0 bridgehead atoms. The number of hydrogen-bond acceptors (Lipinski definition) is 2. The maximum Gasteiger partial charge on any atom is 0.255 e. The average molecular weight is 436 g/mol. The van der Waals surface area contributed by atoms with Crippen LogP contribution in [0, 0.1) is 10.5 Å². The van der Waals surface area contributed by atoms with Crippen LogP contribution in [0.1, 0.15) is 46.0 Å². The van der Waals surface area contributed by atoms with Crippen molar-refractivity contribution in [2.24, 2.45) is 0 Å². The van der Waals surface area contributed by atoms with Crippen molar-refractivity contribution in [3.05, 3.63) is 62.7 Å². The summed E-state index contributed by atoms with van der Waals surface area (Å²) in [6.45, 7) is 4.70. The fraction of sp³-hybridized carbons (Fsp3) is 0.263. The van der Waals surface area contributed by atoms with E-state index in [9.17, 15) is 9.59 Å². The van der Waals surface area contributed by atoms with Gasteiger partial charge in [-0.3, -0.25) is 9.59 Å². The minimum atomic E-state index is -0.221. The number of benzene rings is 2. The Morgan fingerprint density at radius 3 is 2.54 bits per heavy atom. The van der Waals surface area contributed by atoms with Gasteiger partial charge in [-0.05, 0) is 65.8 Å². The van der Waals surface area contributed by atoms with Gasteiger partial charge in [-0.1, -0.05) is 31.5 Å². The number of amides is 2. The average Bonchev–Trinajstić information content (AvgIpc) is 2.58. The van der Waals surface area contributed by atoms with Gasteiger partial charge in [0.05, 0.1) is 11.3 Å². The highest BCUT2D eigenvalue weighted by Crippen LogP contribution is 2.18. The predicted molar refractivity (Wildman–Crippen MR) is 106 cm³/mol. The summed E-state index contributed by atoms with van der Waals surface area (Å²) in [7, 11) is 0. The largest absolute Gasteiger partial charge is 0.352 e. The highest BCUT2D eigenvalue weighted by atomic mass is 127. The summed E-state index contributed by atoms with van der Waals surface area (Å²) in [5.41, 5.74) is 2.70. The van der Waals surface area contributed by atoms with E-state index in [1.807, 2.05) is 19.1 Å². The summed E-state index contributed by atoms with van der Waals surface area (Å²) in [6.07, 6.45) is 1.95. The molecule has 0 saturated carbocycles. The van der Waals surface area contributed by atoms with Gasteiger partial charge in [0.1, 0.15) is 0 Å². The molecular formula is C19H21IN2O2. The highest BCUT2D eigenvalue weighted by Gasteiger charge is 2.14. The van der Waals surface area contributed by atoms with Crippen molar-refractivity contribution in [2.75, 3.05) is 11.9 Å². The summed E-state index contributed by atoms with van der Waals surface area (Å²) in [5.74, 6) is -0.389. The molecule has 0 radical (unpaired) electrons. The molecule has 5 heteroatoms. The second-order valence-corrected chi connectivity index (χ2v) is 6.74. The van der Waals surface area contributed by atoms with E-state index in [1.165, 1.54) is 0 Å². The van der Waals surface area contributed by atoms with Crippen LogP contribution in [0.25, 0.3) is 0 Å². The van der Waals surface area contributed by atoms with E-state index in [1.54, 1.807) is 30.3 Å². The third-order valence-corrected chi connectivity index (χ3v) is 4.83. The number of carbonyl (C=O) groups is 2. The fourth-order valence-corrected chi connectivity index (χ4v) is 2.71. The number of anilines is 1. The van der Waals surface area contributed by atoms with Crippen LogP contribution in [0.15, 0.2) is 42.5 Å². The lowest BCUT2D eigenvalue weighted by atomic mass is 10.1. The van der Waals surface area contributed by atoms with Crippen LogP contribution in [-0.4, -0.2) is 18.4 Å². The number of nitrogens with one attached hydrogen (secondary N) is 2. The van der Waals surface area contributed by atoms with Gasteiger partial charge in [0.2, 0.25) is 0 Å². The minimum absolute atomic E-state index is 0.169. The Kier molecular flexibility index (Phi) is 6.78. The van der Waals surface area contributed by atoms with Crippen LogP contribution in [-0.2, 0) is 0 Å². The summed E-state index contributed by atoms with van der Waals surface area (Å²) in [5, 5.41) is 5.72. The van der Waals surface area contributed by atoms with Crippen LogP contribution in [0.5, 0.6) is 0 Å². The number of unbranched alkanes of at least 4 members (excludes halogenated alkanes) is 1. The molecule has 0 aliphatic carbocycles. The Bertz CT molecular complexity index is 744. The van der Waals surface area contributed by atoms with Gasteiger partial charge in [-0.15, -0.1) is 0 Å². The van der Waals surface area contributed by atoms with Gasteiger partial charge >= 0.3 is 0 Å². The number of aryl methyl sites for hydroxylation is 1. The van der Waals surface area contributed by atoms with Crippen LogP contribution < -0.4 is 10.6 Å². The molecule has 0 heterocycles. The van der Waals surface area contributed by atoms with E-state index in [0.29, 0.717) is 23.4 Å². The summed E-state index contributed by atoms with van der Waals surface area (Å²) in [6, 6.07) is 12.6. The van der Waals surface area contributed by atoms with Gasteiger partial charge in [0.15, 0.2) is 0 Å². The van der Waals surface area contributed by atoms with Gasteiger partial charge in [-0.25, -0.2) is 0 Å². The van der Waals surface area contributed by atoms with Crippen molar-refractivity contribution in [2.45, 2.75) is 26.7 Å². The molecule has 0 aromatic heterocycles. The molecule has 0 aliphatic rings. The Labute approximate surface area is 156 Å². The van der Waals surface area contributed by atoms with Crippen molar-refractivity contribution in [1.29, 1.82) is 0 Å².